The first-order valence-corrected chi connectivity index (χ1v) is 6.66. The van der Waals surface area contributed by atoms with Crippen LogP contribution in [0, 0.1) is 31.0 Å². The molecule has 2 aromatic rings. The highest BCUT2D eigenvalue weighted by molar-refractivity contribution is 5.50. The lowest BCUT2D eigenvalue weighted by Gasteiger charge is -2.08. The van der Waals surface area contributed by atoms with Gasteiger partial charge in [0.2, 0.25) is 0 Å². The number of nitriles is 1. The van der Waals surface area contributed by atoms with Gasteiger partial charge in [-0.2, -0.15) is 5.26 Å². The summed E-state index contributed by atoms with van der Waals surface area (Å²) in [6, 6.07) is 8.50. The maximum atomic E-state index is 13.2. The Morgan fingerprint density at radius 1 is 1.30 bits per heavy atom. The Balaban J connectivity index is 2.15. The van der Waals surface area contributed by atoms with Gasteiger partial charge in [-0.1, -0.05) is 0 Å². The summed E-state index contributed by atoms with van der Waals surface area (Å²) in [5.41, 5.74) is 4.50. The fourth-order valence-corrected chi connectivity index (χ4v) is 2.46. The molecule has 0 aliphatic heterocycles. The summed E-state index contributed by atoms with van der Waals surface area (Å²) in [7, 11) is 0. The van der Waals surface area contributed by atoms with Crippen molar-refractivity contribution in [3.63, 3.8) is 0 Å². The second-order valence-corrected chi connectivity index (χ2v) is 4.80. The van der Waals surface area contributed by atoms with Gasteiger partial charge in [0.25, 0.3) is 0 Å². The quantitative estimate of drug-likeness (QED) is 0.920. The van der Waals surface area contributed by atoms with Crippen LogP contribution in [-0.4, -0.2) is 4.57 Å². The highest BCUT2D eigenvalue weighted by Crippen LogP contribution is 2.18. The summed E-state index contributed by atoms with van der Waals surface area (Å²) < 4.78 is 15.5. The minimum atomic E-state index is -0.484. The smallest absolute Gasteiger partial charge is 0.141 e. The molecule has 1 aromatic heterocycles. The molecule has 0 bridgehead atoms. The average molecular weight is 271 g/mol. The first-order chi connectivity index (χ1) is 9.56. The zero-order chi connectivity index (χ0) is 14.7. The molecule has 3 nitrogen and oxygen atoms in total. The van der Waals surface area contributed by atoms with Crippen LogP contribution >= 0.6 is 0 Å². The second kappa shape index (κ2) is 5.79. The molecule has 0 atom stereocenters. The van der Waals surface area contributed by atoms with Crippen LogP contribution in [0.25, 0.3) is 0 Å². The molecule has 1 heterocycles. The lowest BCUT2D eigenvalue weighted by atomic mass is 10.2. The van der Waals surface area contributed by atoms with Crippen molar-refractivity contribution < 1.29 is 4.39 Å². The highest BCUT2D eigenvalue weighted by Gasteiger charge is 2.08. The number of benzene rings is 1. The van der Waals surface area contributed by atoms with Crippen molar-refractivity contribution in [3.8, 4) is 6.07 Å². The minimum Gasteiger partial charge on any atom is -0.381 e. The van der Waals surface area contributed by atoms with Gasteiger partial charge in [-0.25, -0.2) is 4.39 Å². The molecule has 0 spiro atoms. The molecule has 2 rings (SSSR count). The molecule has 0 aliphatic rings. The second-order valence-electron chi connectivity index (χ2n) is 4.80. The van der Waals surface area contributed by atoms with E-state index in [2.05, 4.69) is 36.7 Å². The lowest BCUT2D eigenvalue weighted by Crippen LogP contribution is -2.03. The summed E-state index contributed by atoms with van der Waals surface area (Å²) in [4.78, 5) is 0. The normalized spacial score (nSPS) is 10.3. The number of nitrogens with zero attached hydrogens (tertiary/aromatic N) is 2. The van der Waals surface area contributed by atoms with Crippen molar-refractivity contribution in [3.05, 3.63) is 52.6 Å². The van der Waals surface area contributed by atoms with Gasteiger partial charge < -0.3 is 9.88 Å². The van der Waals surface area contributed by atoms with Crippen molar-refractivity contribution >= 4 is 5.69 Å². The van der Waals surface area contributed by atoms with Gasteiger partial charge >= 0.3 is 0 Å². The fourth-order valence-electron chi connectivity index (χ4n) is 2.46. The van der Waals surface area contributed by atoms with Crippen molar-refractivity contribution in [2.75, 3.05) is 5.32 Å². The van der Waals surface area contributed by atoms with E-state index < -0.39 is 5.82 Å². The molecule has 0 unspecified atom stereocenters. The number of hydrogen-bond donors (Lipinski definition) is 1. The molecule has 104 valence electrons. The zero-order valence-electron chi connectivity index (χ0n) is 12.0. The van der Waals surface area contributed by atoms with E-state index in [0.29, 0.717) is 6.54 Å². The number of aryl methyl sites for hydroxylation is 1. The van der Waals surface area contributed by atoms with E-state index in [4.69, 9.17) is 5.26 Å². The Labute approximate surface area is 118 Å². The van der Waals surface area contributed by atoms with Gasteiger partial charge in [-0.3, -0.25) is 0 Å². The topological polar surface area (TPSA) is 40.8 Å². The highest BCUT2D eigenvalue weighted by atomic mass is 19.1. The van der Waals surface area contributed by atoms with Gasteiger partial charge in [0.1, 0.15) is 11.9 Å². The molecule has 0 aliphatic carbocycles. The van der Waals surface area contributed by atoms with Crippen LogP contribution in [0.15, 0.2) is 24.3 Å². The van der Waals surface area contributed by atoms with E-state index in [0.717, 1.165) is 12.2 Å². The van der Waals surface area contributed by atoms with Gasteiger partial charge in [0.05, 0.1) is 5.56 Å². The summed E-state index contributed by atoms with van der Waals surface area (Å²) >= 11 is 0. The zero-order valence-corrected chi connectivity index (χ0v) is 12.0. The van der Waals surface area contributed by atoms with Crippen molar-refractivity contribution in [2.24, 2.45) is 0 Å². The lowest BCUT2D eigenvalue weighted by molar-refractivity contribution is 0.624. The first kappa shape index (κ1) is 14.1. The minimum absolute atomic E-state index is 0.0639. The molecular weight excluding hydrogens is 253 g/mol. The number of anilines is 1. The molecule has 0 amide bonds. The molecule has 1 N–H and O–H groups in total. The van der Waals surface area contributed by atoms with Crippen LogP contribution in [0.1, 0.15) is 29.4 Å². The number of rotatable bonds is 4. The van der Waals surface area contributed by atoms with Crippen molar-refractivity contribution in [2.45, 2.75) is 33.9 Å². The Kier molecular flexibility index (Phi) is 4.09. The largest absolute Gasteiger partial charge is 0.381 e. The Morgan fingerprint density at radius 3 is 2.65 bits per heavy atom. The van der Waals surface area contributed by atoms with Gasteiger partial charge in [0.15, 0.2) is 0 Å². The molecule has 0 fully saturated rings. The van der Waals surface area contributed by atoms with Gasteiger partial charge in [-0.15, -0.1) is 0 Å². The number of halogens is 1. The number of nitrogens with one attached hydrogen (secondary N) is 1. The van der Waals surface area contributed by atoms with Crippen LogP contribution in [0.2, 0.25) is 0 Å². The average Bonchev–Trinajstić information content (AvgIpc) is 2.72. The van der Waals surface area contributed by atoms with Gasteiger partial charge in [0, 0.05) is 30.2 Å². The summed E-state index contributed by atoms with van der Waals surface area (Å²) in [5.74, 6) is -0.484. The van der Waals surface area contributed by atoms with E-state index in [1.165, 1.54) is 29.1 Å². The number of aromatic nitrogens is 1. The molecule has 1 aromatic carbocycles. The van der Waals surface area contributed by atoms with Crippen LogP contribution in [-0.2, 0) is 13.1 Å². The molecule has 0 radical (unpaired) electrons. The van der Waals surface area contributed by atoms with E-state index in [-0.39, 0.29) is 5.56 Å². The van der Waals surface area contributed by atoms with Crippen LogP contribution in [0.4, 0.5) is 10.1 Å². The third-order valence-corrected chi connectivity index (χ3v) is 3.56. The molecule has 20 heavy (non-hydrogen) atoms. The first-order valence-electron chi connectivity index (χ1n) is 6.66. The molecule has 0 saturated heterocycles. The number of hydrogen-bond acceptors (Lipinski definition) is 2. The molecule has 4 heteroatoms. The monoisotopic (exact) mass is 271 g/mol. The van der Waals surface area contributed by atoms with Crippen molar-refractivity contribution in [1.82, 2.24) is 4.57 Å². The van der Waals surface area contributed by atoms with Gasteiger partial charge in [-0.05, 0) is 50.6 Å². The maximum Gasteiger partial charge on any atom is 0.141 e. The summed E-state index contributed by atoms with van der Waals surface area (Å²) in [6.45, 7) is 7.92. The van der Waals surface area contributed by atoms with E-state index >= 15 is 0 Å². The van der Waals surface area contributed by atoms with E-state index in [1.54, 1.807) is 6.07 Å². The summed E-state index contributed by atoms with van der Waals surface area (Å²) in [6.07, 6.45) is 0. The fraction of sp³-hybridized carbons (Fsp3) is 0.312. The van der Waals surface area contributed by atoms with Crippen LogP contribution in [0.3, 0.4) is 0 Å². The standard InChI is InChI=1S/C16H18FN3/c1-4-20-11(2)7-14(12(20)3)10-19-15-5-6-16(17)13(8-15)9-18/h5-8,19H,4,10H2,1-3H3. The van der Waals surface area contributed by atoms with Crippen LogP contribution < -0.4 is 5.32 Å². The van der Waals surface area contributed by atoms with E-state index in [9.17, 15) is 4.39 Å². The predicted octanol–water partition coefficient (Wildman–Crippen LogP) is 3.75. The Hall–Kier alpha value is -2.28. The predicted molar refractivity (Wildman–Crippen MR) is 78.0 cm³/mol. The Bertz CT molecular complexity index is 665. The van der Waals surface area contributed by atoms with E-state index in [1.807, 2.05) is 6.07 Å². The third-order valence-electron chi connectivity index (χ3n) is 3.56. The van der Waals surface area contributed by atoms with Crippen molar-refractivity contribution in [1.29, 1.82) is 5.26 Å². The summed E-state index contributed by atoms with van der Waals surface area (Å²) in [5, 5.41) is 12.1. The SMILES string of the molecule is CCn1c(C)cc(CNc2ccc(F)c(C#N)c2)c1C. The third kappa shape index (κ3) is 2.67. The Morgan fingerprint density at radius 2 is 2.05 bits per heavy atom. The maximum absolute atomic E-state index is 13.2. The van der Waals surface area contributed by atoms with Crippen LogP contribution in [0.5, 0.6) is 0 Å². The molecule has 0 saturated carbocycles. The molecular formula is C16H18FN3.